The molecule has 8 heteroatoms. The first-order valence-corrected chi connectivity index (χ1v) is 9.29. The lowest BCUT2D eigenvalue weighted by atomic mass is 10.1. The number of ketones is 1. The molecule has 0 bridgehead atoms. The van der Waals surface area contributed by atoms with Crippen molar-refractivity contribution in [2.75, 3.05) is 19.0 Å². The minimum atomic E-state index is -0.487. The Bertz CT molecular complexity index is 1150. The second-order valence-corrected chi connectivity index (χ2v) is 6.70. The Morgan fingerprint density at radius 3 is 2.40 bits per heavy atom. The predicted octanol–water partition coefficient (Wildman–Crippen LogP) is 2.71. The first-order chi connectivity index (χ1) is 14.3. The Hall–Kier alpha value is -3.81. The van der Waals surface area contributed by atoms with E-state index < -0.39 is 5.91 Å². The number of hydrogen-bond acceptors (Lipinski definition) is 5. The van der Waals surface area contributed by atoms with Crippen LogP contribution in [0.15, 0.2) is 53.3 Å². The number of nitrogens with one attached hydrogen (secondary N) is 1. The van der Waals surface area contributed by atoms with E-state index in [9.17, 15) is 14.4 Å². The highest BCUT2D eigenvalue weighted by Crippen LogP contribution is 2.28. The largest absolute Gasteiger partial charge is 0.493 e. The van der Waals surface area contributed by atoms with Crippen LogP contribution in [0, 0.1) is 6.92 Å². The Morgan fingerprint density at radius 2 is 1.77 bits per heavy atom. The lowest BCUT2D eigenvalue weighted by Crippen LogP contribution is -2.25. The first-order valence-electron chi connectivity index (χ1n) is 9.29. The SMILES string of the molecule is COc1cc(C(C)=O)ccc1OCC(=O)Nc1c(C)n(C)n(-c2ccccc2)c1=O. The summed E-state index contributed by atoms with van der Waals surface area (Å²) in [5.74, 6) is 0.0764. The minimum absolute atomic E-state index is 0.105. The Labute approximate surface area is 173 Å². The number of para-hydroxylation sites is 1. The van der Waals surface area contributed by atoms with Crippen LogP contribution in [0.3, 0.4) is 0 Å². The second kappa shape index (κ2) is 8.69. The maximum Gasteiger partial charge on any atom is 0.295 e. The van der Waals surface area contributed by atoms with Gasteiger partial charge in [0.2, 0.25) is 0 Å². The molecule has 0 spiro atoms. The smallest absolute Gasteiger partial charge is 0.295 e. The quantitative estimate of drug-likeness (QED) is 0.606. The fraction of sp³-hybridized carbons (Fsp3) is 0.227. The standard InChI is InChI=1S/C22H23N3O5/c1-14-21(22(28)25(24(14)3)17-8-6-5-7-9-17)23-20(27)13-30-18-11-10-16(15(2)26)12-19(18)29-4/h5-12H,13H2,1-4H3,(H,23,27). The van der Waals surface area contributed by atoms with Gasteiger partial charge in [-0.15, -0.1) is 0 Å². The minimum Gasteiger partial charge on any atom is -0.493 e. The number of anilines is 1. The van der Waals surface area contributed by atoms with Crippen LogP contribution in [0.25, 0.3) is 5.69 Å². The van der Waals surface area contributed by atoms with Crippen molar-refractivity contribution in [3.8, 4) is 17.2 Å². The molecule has 0 saturated heterocycles. The van der Waals surface area contributed by atoms with Gasteiger partial charge in [-0.2, -0.15) is 0 Å². The molecule has 0 fully saturated rings. The van der Waals surface area contributed by atoms with E-state index in [1.165, 1.54) is 18.7 Å². The molecule has 2 aromatic carbocycles. The third-order valence-corrected chi connectivity index (χ3v) is 4.75. The summed E-state index contributed by atoms with van der Waals surface area (Å²) in [6.07, 6.45) is 0. The van der Waals surface area contributed by atoms with Crippen LogP contribution in [-0.2, 0) is 11.8 Å². The third-order valence-electron chi connectivity index (χ3n) is 4.75. The van der Waals surface area contributed by atoms with Crippen molar-refractivity contribution in [3.05, 3.63) is 70.1 Å². The van der Waals surface area contributed by atoms with Gasteiger partial charge in [-0.1, -0.05) is 18.2 Å². The molecule has 3 aromatic rings. The van der Waals surface area contributed by atoms with E-state index in [4.69, 9.17) is 9.47 Å². The molecule has 8 nitrogen and oxygen atoms in total. The van der Waals surface area contributed by atoms with Gasteiger partial charge in [0, 0.05) is 12.6 Å². The van der Waals surface area contributed by atoms with Gasteiger partial charge in [0.25, 0.3) is 11.5 Å². The molecule has 0 saturated carbocycles. The molecule has 0 atom stereocenters. The van der Waals surface area contributed by atoms with Crippen molar-refractivity contribution >= 4 is 17.4 Å². The van der Waals surface area contributed by atoms with Crippen LogP contribution in [0.2, 0.25) is 0 Å². The second-order valence-electron chi connectivity index (χ2n) is 6.70. The topological polar surface area (TPSA) is 91.6 Å². The van der Waals surface area contributed by atoms with E-state index in [1.807, 2.05) is 30.3 Å². The molecular formula is C22H23N3O5. The van der Waals surface area contributed by atoms with Gasteiger partial charge < -0.3 is 14.8 Å². The molecule has 3 rings (SSSR count). The van der Waals surface area contributed by atoms with Crippen LogP contribution in [0.4, 0.5) is 5.69 Å². The van der Waals surface area contributed by atoms with Gasteiger partial charge in [0.05, 0.1) is 18.5 Å². The first kappa shape index (κ1) is 20.9. The number of methoxy groups -OCH3 is 1. The Balaban J connectivity index is 1.76. The molecule has 1 N–H and O–H groups in total. The number of rotatable bonds is 7. The number of hydrogen-bond donors (Lipinski definition) is 1. The van der Waals surface area contributed by atoms with Crippen molar-refractivity contribution in [2.24, 2.45) is 7.05 Å². The summed E-state index contributed by atoms with van der Waals surface area (Å²) in [7, 11) is 3.20. The normalized spacial score (nSPS) is 10.5. The molecule has 0 radical (unpaired) electrons. The fourth-order valence-corrected chi connectivity index (χ4v) is 3.04. The number of benzene rings is 2. The molecule has 1 amide bonds. The number of Topliss-reactive ketones (excluding diaryl/α,β-unsaturated/α-hetero) is 1. The number of aromatic nitrogens is 2. The van der Waals surface area contributed by atoms with Gasteiger partial charge in [-0.05, 0) is 44.2 Å². The zero-order valence-electron chi connectivity index (χ0n) is 17.3. The van der Waals surface area contributed by atoms with Gasteiger partial charge in [0.15, 0.2) is 23.9 Å². The summed E-state index contributed by atoms with van der Waals surface area (Å²) >= 11 is 0. The number of carbonyl (C=O) groups is 2. The predicted molar refractivity (Wildman–Crippen MR) is 113 cm³/mol. The van der Waals surface area contributed by atoms with Gasteiger partial charge in [0.1, 0.15) is 5.69 Å². The highest BCUT2D eigenvalue weighted by atomic mass is 16.5. The highest BCUT2D eigenvalue weighted by molar-refractivity contribution is 5.95. The van der Waals surface area contributed by atoms with Crippen molar-refractivity contribution in [1.29, 1.82) is 0 Å². The number of ether oxygens (including phenoxy) is 2. The van der Waals surface area contributed by atoms with E-state index in [-0.39, 0.29) is 23.6 Å². The summed E-state index contributed by atoms with van der Waals surface area (Å²) in [4.78, 5) is 36.8. The Kier molecular flexibility index (Phi) is 6.06. The zero-order valence-corrected chi connectivity index (χ0v) is 17.3. The molecule has 0 unspecified atom stereocenters. The maximum atomic E-state index is 12.9. The van der Waals surface area contributed by atoms with Crippen molar-refractivity contribution < 1.29 is 19.1 Å². The molecule has 30 heavy (non-hydrogen) atoms. The lowest BCUT2D eigenvalue weighted by Gasteiger charge is -2.11. The zero-order chi connectivity index (χ0) is 21.8. The van der Waals surface area contributed by atoms with Crippen molar-refractivity contribution in [1.82, 2.24) is 9.36 Å². The van der Waals surface area contributed by atoms with Crippen LogP contribution in [0.1, 0.15) is 23.0 Å². The van der Waals surface area contributed by atoms with E-state index in [1.54, 1.807) is 36.9 Å². The summed E-state index contributed by atoms with van der Waals surface area (Å²) in [5, 5.41) is 2.63. The van der Waals surface area contributed by atoms with Gasteiger partial charge in [-0.25, -0.2) is 4.68 Å². The number of nitrogens with zero attached hydrogens (tertiary/aromatic N) is 2. The fourth-order valence-electron chi connectivity index (χ4n) is 3.04. The van der Waals surface area contributed by atoms with Crippen LogP contribution >= 0.6 is 0 Å². The van der Waals surface area contributed by atoms with Crippen LogP contribution in [0.5, 0.6) is 11.5 Å². The van der Waals surface area contributed by atoms with E-state index in [0.29, 0.717) is 28.4 Å². The molecular weight excluding hydrogens is 386 g/mol. The number of amides is 1. The highest BCUT2D eigenvalue weighted by Gasteiger charge is 2.18. The summed E-state index contributed by atoms with van der Waals surface area (Å²) < 4.78 is 13.9. The lowest BCUT2D eigenvalue weighted by molar-refractivity contribution is -0.118. The summed E-state index contributed by atoms with van der Waals surface area (Å²) in [6.45, 7) is 2.88. The average molecular weight is 409 g/mol. The summed E-state index contributed by atoms with van der Waals surface area (Å²) in [5.41, 5.74) is 1.64. The summed E-state index contributed by atoms with van der Waals surface area (Å²) in [6, 6.07) is 13.9. The maximum absolute atomic E-state index is 12.9. The van der Waals surface area contributed by atoms with Crippen LogP contribution < -0.4 is 20.3 Å². The van der Waals surface area contributed by atoms with E-state index >= 15 is 0 Å². The Morgan fingerprint density at radius 1 is 1.07 bits per heavy atom. The van der Waals surface area contributed by atoms with E-state index in [2.05, 4.69) is 5.32 Å². The molecule has 0 aliphatic carbocycles. The van der Waals surface area contributed by atoms with Gasteiger partial charge in [-0.3, -0.25) is 19.1 Å². The average Bonchev–Trinajstić information content (AvgIpc) is 2.95. The monoisotopic (exact) mass is 409 g/mol. The van der Waals surface area contributed by atoms with Crippen LogP contribution in [-0.4, -0.2) is 34.8 Å². The molecule has 0 aliphatic rings. The van der Waals surface area contributed by atoms with Crippen molar-refractivity contribution in [3.63, 3.8) is 0 Å². The molecule has 1 aromatic heterocycles. The number of carbonyl (C=O) groups excluding carboxylic acids is 2. The molecule has 156 valence electrons. The van der Waals surface area contributed by atoms with E-state index in [0.717, 1.165) is 0 Å². The molecule has 1 heterocycles. The third kappa shape index (κ3) is 4.12. The van der Waals surface area contributed by atoms with Crippen molar-refractivity contribution in [2.45, 2.75) is 13.8 Å². The molecule has 0 aliphatic heterocycles. The van der Waals surface area contributed by atoms with Gasteiger partial charge >= 0.3 is 0 Å².